The van der Waals surface area contributed by atoms with Crippen LogP contribution in [0.5, 0.6) is 5.75 Å². The van der Waals surface area contributed by atoms with Gasteiger partial charge in [-0.2, -0.15) is 0 Å². The number of rotatable bonds is 8. The molecule has 1 fully saturated rings. The molecule has 1 aliphatic rings. The first-order valence-electron chi connectivity index (χ1n) is 9.63. The third-order valence-electron chi connectivity index (χ3n) is 4.99. The van der Waals surface area contributed by atoms with Crippen molar-refractivity contribution in [1.82, 2.24) is 14.9 Å². The molecule has 5 nitrogen and oxygen atoms in total. The SMILES string of the molecule is Cc1nc2ccccc2n1CCCNC(=O)c1ccc(OCC2CC2)cc1. The fraction of sp³-hybridized carbons (Fsp3) is 0.364. The van der Waals surface area contributed by atoms with Crippen LogP contribution in [0.3, 0.4) is 0 Å². The van der Waals surface area contributed by atoms with Gasteiger partial charge in [0.15, 0.2) is 0 Å². The Morgan fingerprint density at radius 2 is 1.96 bits per heavy atom. The summed E-state index contributed by atoms with van der Waals surface area (Å²) < 4.78 is 7.91. The molecule has 0 saturated heterocycles. The fourth-order valence-electron chi connectivity index (χ4n) is 3.22. The van der Waals surface area contributed by atoms with E-state index >= 15 is 0 Å². The maximum absolute atomic E-state index is 12.3. The Morgan fingerprint density at radius 3 is 2.74 bits per heavy atom. The van der Waals surface area contributed by atoms with Crippen molar-refractivity contribution in [2.45, 2.75) is 32.7 Å². The van der Waals surface area contributed by atoms with Crippen molar-refractivity contribution < 1.29 is 9.53 Å². The van der Waals surface area contributed by atoms with E-state index in [1.807, 2.05) is 49.4 Å². The number of aromatic nitrogens is 2. The van der Waals surface area contributed by atoms with Gasteiger partial charge in [0.25, 0.3) is 5.91 Å². The van der Waals surface area contributed by atoms with Gasteiger partial charge in [-0.1, -0.05) is 12.1 Å². The lowest BCUT2D eigenvalue weighted by atomic mass is 10.2. The highest BCUT2D eigenvalue weighted by Gasteiger charge is 2.21. The van der Waals surface area contributed by atoms with Crippen LogP contribution >= 0.6 is 0 Å². The molecule has 0 atom stereocenters. The minimum absolute atomic E-state index is 0.0454. The molecule has 1 heterocycles. The fourth-order valence-corrected chi connectivity index (χ4v) is 3.22. The van der Waals surface area contributed by atoms with Crippen LogP contribution in [-0.2, 0) is 6.54 Å². The Labute approximate surface area is 159 Å². The first kappa shape index (κ1) is 17.6. The number of amides is 1. The Balaban J connectivity index is 1.26. The lowest BCUT2D eigenvalue weighted by Crippen LogP contribution is -2.25. The molecule has 3 aromatic rings. The molecule has 1 saturated carbocycles. The number of nitrogens with one attached hydrogen (secondary N) is 1. The van der Waals surface area contributed by atoms with Crippen LogP contribution in [0.2, 0.25) is 0 Å². The van der Waals surface area contributed by atoms with E-state index in [0.29, 0.717) is 12.1 Å². The monoisotopic (exact) mass is 363 g/mol. The van der Waals surface area contributed by atoms with Gasteiger partial charge in [-0.05, 0) is 68.5 Å². The standard InChI is InChI=1S/C22H25N3O2/c1-16-24-20-5-2-3-6-21(20)25(16)14-4-13-23-22(26)18-9-11-19(12-10-18)27-15-17-7-8-17/h2-3,5-6,9-12,17H,4,7-8,13-15H2,1H3,(H,23,26). The van der Waals surface area contributed by atoms with E-state index in [1.54, 1.807) is 0 Å². The van der Waals surface area contributed by atoms with Crippen LogP contribution in [0.15, 0.2) is 48.5 Å². The highest BCUT2D eigenvalue weighted by atomic mass is 16.5. The smallest absolute Gasteiger partial charge is 0.251 e. The van der Waals surface area contributed by atoms with Crippen LogP contribution in [0.4, 0.5) is 0 Å². The number of carbonyl (C=O) groups is 1. The molecule has 27 heavy (non-hydrogen) atoms. The summed E-state index contributed by atoms with van der Waals surface area (Å²) in [5.41, 5.74) is 2.82. The summed E-state index contributed by atoms with van der Waals surface area (Å²) >= 11 is 0. The first-order valence-corrected chi connectivity index (χ1v) is 9.63. The predicted octanol–water partition coefficient (Wildman–Crippen LogP) is 3.95. The van der Waals surface area contributed by atoms with Crippen LogP contribution in [0.25, 0.3) is 11.0 Å². The van der Waals surface area contributed by atoms with Crippen LogP contribution in [0, 0.1) is 12.8 Å². The zero-order valence-corrected chi connectivity index (χ0v) is 15.6. The average Bonchev–Trinajstić information content (AvgIpc) is 3.46. The number of benzene rings is 2. The minimum atomic E-state index is -0.0454. The van der Waals surface area contributed by atoms with Crippen molar-refractivity contribution in [1.29, 1.82) is 0 Å². The van der Waals surface area contributed by atoms with Gasteiger partial charge in [0, 0.05) is 18.7 Å². The molecule has 1 aliphatic carbocycles. The van der Waals surface area contributed by atoms with Gasteiger partial charge in [-0.3, -0.25) is 4.79 Å². The largest absolute Gasteiger partial charge is 0.493 e. The van der Waals surface area contributed by atoms with Crippen molar-refractivity contribution in [2.24, 2.45) is 5.92 Å². The van der Waals surface area contributed by atoms with Crippen LogP contribution < -0.4 is 10.1 Å². The van der Waals surface area contributed by atoms with Crippen LogP contribution in [0.1, 0.15) is 35.4 Å². The Bertz CT molecular complexity index is 926. The third kappa shape index (κ3) is 4.30. The number of hydrogen-bond donors (Lipinski definition) is 1. The predicted molar refractivity (Wildman–Crippen MR) is 106 cm³/mol. The van der Waals surface area contributed by atoms with E-state index in [-0.39, 0.29) is 5.91 Å². The second-order valence-corrected chi connectivity index (χ2v) is 7.19. The number of para-hydroxylation sites is 2. The molecular weight excluding hydrogens is 338 g/mol. The molecule has 140 valence electrons. The zero-order valence-electron chi connectivity index (χ0n) is 15.6. The average molecular weight is 363 g/mol. The Kier molecular flexibility index (Phi) is 5.10. The molecule has 5 heteroatoms. The summed E-state index contributed by atoms with van der Waals surface area (Å²) in [6, 6.07) is 15.5. The topological polar surface area (TPSA) is 56.2 Å². The highest BCUT2D eigenvalue weighted by molar-refractivity contribution is 5.94. The molecule has 0 bridgehead atoms. The van der Waals surface area contributed by atoms with Crippen molar-refractivity contribution in [3.8, 4) is 5.75 Å². The second kappa shape index (κ2) is 7.82. The van der Waals surface area contributed by atoms with Crippen molar-refractivity contribution >= 4 is 16.9 Å². The van der Waals surface area contributed by atoms with Crippen molar-refractivity contribution in [3.63, 3.8) is 0 Å². The van der Waals surface area contributed by atoms with Crippen molar-refractivity contribution in [3.05, 3.63) is 59.9 Å². The molecule has 1 aromatic heterocycles. The zero-order chi connectivity index (χ0) is 18.6. The summed E-state index contributed by atoms with van der Waals surface area (Å²) in [5.74, 6) is 2.52. The summed E-state index contributed by atoms with van der Waals surface area (Å²) in [6.45, 7) is 4.27. The molecule has 1 N–H and O–H groups in total. The normalized spacial score (nSPS) is 13.7. The molecule has 2 aromatic carbocycles. The van der Waals surface area contributed by atoms with Crippen LogP contribution in [-0.4, -0.2) is 28.6 Å². The maximum Gasteiger partial charge on any atom is 0.251 e. The lowest BCUT2D eigenvalue weighted by molar-refractivity contribution is 0.0952. The number of nitrogens with zero attached hydrogens (tertiary/aromatic N) is 2. The first-order chi connectivity index (χ1) is 13.2. The Morgan fingerprint density at radius 1 is 1.19 bits per heavy atom. The number of imidazole rings is 1. The van der Waals surface area contributed by atoms with Gasteiger partial charge in [0.2, 0.25) is 0 Å². The van der Waals surface area contributed by atoms with Crippen molar-refractivity contribution in [2.75, 3.05) is 13.2 Å². The second-order valence-electron chi connectivity index (χ2n) is 7.19. The maximum atomic E-state index is 12.3. The molecule has 4 rings (SSSR count). The molecule has 1 amide bonds. The molecule has 0 spiro atoms. The van der Waals surface area contributed by atoms with Gasteiger partial charge in [-0.15, -0.1) is 0 Å². The van der Waals surface area contributed by atoms with E-state index in [1.165, 1.54) is 12.8 Å². The third-order valence-corrected chi connectivity index (χ3v) is 4.99. The van der Waals surface area contributed by atoms with E-state index < -0.39 is 0 Å². The van der Waals surface area contributed by atoms with Gasteiger partial charge in [0.1, 0.15) is 11.6 Å². The minimum Gasteiger partial charge on any atom is -0.493 e. The number of aryl methyl sites for hydroxylation is 2. The van der Waals surface area contributed by atoms with Gasteiger partial charge in [0.05, 0.1) is 17.6 Å². The number of ether oxygens (including phenoxy) is 1. The van der Waals surface area contributed by atoms with E-state index in [9.17, 15) is 4.79 Å². The molecule has 0 radical (unpaired) electrons. The van der Waals surface area contributed by atoms with E-state index in [0.717, 1.165) is 48.1 Å². The highest BCUT2D eigenvalue weighted by Crippen LogP contribution is 2.29. The summed E-state index contributed by atoms with van der Waals surface area (Å²) in [7, 11) is 0. The summed E-state index contributed by atoms with van der Waals surface area (Å²) in [5, 5.41) is 3.00. The van der Waals surface area contributed by atoms with E-state index in [2.05, 4.69) is 20.9 Å². The lowest BCUT2D eigenvalue weighted by Gasteiger charge is -2.09. The summed E-state index contributed by atoms with van der Waals surface area (Å²) in [6.07, 6.45) is 3.40. The quantitative estimate of drug-likeness (QED) is 0.617. The van der Waals surface area contributed by atoms with Gasteiger partial charge in [-0.25, -0.2) is 4.98 Å². The van der Waals surface area contributed by atoms with Gasteiger partial charge >= 0.3 is 0 Å². The number of fused-ring (bicyclic) bond motifs is 1. The van der Waals surface area contributed by atoms with E-state index in [4.69, 9.17) is 4.74 Å². The molecular formula is C22H25N3O2. The Hall–Kier alpha value is -2.82. The number of carbonyl (C=O) groups excluding carboxylic acids is 1. The summed E-state index contributed by atoms with van der Waals surface area (Å²) in [4.78, 5) is 16.9. The number of hydrogen-bond acceptors (Lipinski definition) is 3. The molecule has 0 aliphatic heterocycles. The van der Waals surface area contributed by atoms with Gasteiger partial charge < -0.3 is 14.6 Å². The molecule has 0 unspecified atom stereocenters.